The van der Waals surface area contributed by atoms with Crippen LogP contribution in [0.3, 0.4) is 0 Å². The minimum Gasteiger partial charge on any atom is -0.495 e. The van der Waals surface area contributed by atoms with Crippen LogP contribution in [-0.4, -0.2) is 30.3 Å². The van der Waals surface area contributed by atoms with E-state index in [0.29, 0.717) is 41.1 Å². The van der Waals surface area contributed by atoms with Gasteiger partial charge in [-0.3, -0.25) is 4.98 Å². The Morgan fingerprint density at radius 2 is 1.90 bits per heavy atom. The number of benzene rings is 2. The minimum absolute atomic E-state index is 0.160. The van der Waals surface area contributed by atoms with E-state index in [4.69, 9.17) is 25.8 Å². The van der Waals surface area contributed by atoms with Gasteiger partial charge in [-0.05, 0) is 42.0 Å². The summed E-state index contributed by atoms with van der Waals surface area (Å²) in [5.41, 5.74) is 2.46. The van der Waals surface area contributed by atoms with Crippen LogP contribution in [-0.2, 0) is 13.2 Å². The first-order chi connectivity index (χ1) is 14.5. The molecule has 2 aromatic carbocycles. The maximum atomic E-state index is 11.2. The third-order valence-corrected chi connectivity index (χ3v) is 4.61. The molecule has 7 nitrogen and oxygen atoms in total. The average Bonchev–Trinajstić information content (AvgIpc) is 2.76. The van der Waals surface area contributed by atoms with E-state index in [9.17, 15) is 9.90 Å². The van der Waals surface area contributed by atoms with Crippen LogP contribution in [0.4, 0.5) is 5.69 Å². The second-order valence-electron chi connectivity index (χ2n) is 6.33. The van der Waals surface area contributed by atoms with Gasteiger partial charge in [0, 0.05) is 24.5 Å². The summed E-state index contributed by atoms with van der Waals surface area (Å²) in [6, 6.07) is 11.9. The van der Waals surface area contributed by atoms with Gasteiger partial charge in [-0.25, -0.2) is 4.79 Å². The molecular formula is C22H21ClN2O5. The van der Waals surface area contributed by atoms with Crippen molar-refractivity contribution in [3.05, 3.63) is 76.6 Å². The number of rotatable bonds is 9. The molecule has 3 aromatic rings. The molecule has 0 atom stereocenters. The molecule has 0 unspecified atom stereocenters. The fraction of sp³-hybridized carbons (Fsp3) is 0.182. The zero-order valence-electron chi connectivity index (χ0n) is 16.5. The summed E-state index contributed by atoms with van der Waals surface area (Å²) >= 11 is 6.44. The van der Waals surface area contributed by atoms with E-state index in [1.165, 1.54) is 19.2 Å². The molecule has 0 saturated carbocycles. The van der Waals surface area contributed by atoms with Crippen LogP contribution in [0.1, 0.15) is 21.5 Å². The second-order valence-corrected chi connectivity index (χ2v) is 6.74. The fourth-order valence-corrected chi connectivity index (χ4v) is 3.12. The van der Waals surface area contributed by atoms with Gasteiger partial charge >= 0.3 is 5.97 Å². The highest BCUT2D eigenvalue weighted by atomic mass is 35.5. The van der Waals surface area contributed by atoms with Gasteiger partial charge in [0.2, 0.25) is 0 Å². The first kappa shape index (κ1) is 21.3. The fourth-order valence-electron chi connectivity index (χ4n) is 2.83. The lowest BCUT2D eigenvalue weighted by atomic mass is 10.1. The van der Waals surface area contributed by atoms with Gasteiger partial charge < -0.3 is 24.6 Å². The standard InChI is InChI=1S/C22H21ClN2O5/c1-28-19-6-5-16(22(26)27)10-18(19)25-12-15-8-17(23)21(20(9-15)29-2)30-13-14-4-3-7-24-11-14/h3-11,25H,12-13H2,1-2H3,(H,26,27). The molecule has 0 radical (unpaired) electrons. The number of pyridine rings is 1. The van der Waals surface area contributed by atoms with Crippen molar-refractivity contribution in [2.24, 2.45) is 0 Å². The van der Waals surface area contributed by atoms with Crippen molar-refractivity contribution in [3.63, 3.8) is 0 Å². The highest BCUT2D eigenvalue weighted by molar-refractivity contribution is 6.32. The first-order valence-electron chi connectivity index (χ1n) is 9.05. The number of anilines is 1. The molecule has 30 heavy (non-hydrogen) atoms. The predicted molar refractivity (Wildman–Crippen MR) is 114 cm³/mol. The Morgan fingerprint density at radius 1 is 1.10 bits per heavy atom. The van der Waals surface area contributed by atoms with Gasteiger partial charge in [-0.2, -0.15) is 0 Å². The molecule has 0 bridgehead atoms. The number of carbonyl (C=O) groups is 1. The number of aromatic nitrogens is 1. The molecular weight excluding hydrogens is 408 g/mol. The Kier molecular flexibility index (Phi) is 6.98. The first-order valence-corrected chi connectivity index (χ1v) is 9.43. The lowest BCUT2D eigenvalue weighted by Crippen LogP contribution is -2.05. The molecule has 3 rings (SSSR count). The number of hydrogen-bond donors (Lipinski definition) is 2. The molecule has 8 heteroatoms. The van der Waals surface area contributed by atoms with Crippen LogP contribution >= 0.6 is 11.6 Å². The monoisotopic (exact) mass is 428 g/mol. The Bertz CT molecular complexity index is 1030. The topological polar surface area (TPSA) is 89.9 Å². The van der Waals surface area contributed by atoms with E-state index in [1.54, 1.807) is 31.6 Å². The smallest absolute Gasteiger partial charge is 0.335 e. The highest BCUT2D eigenvalue weighted by Gasteiger charge is 2.14. The quantitative estimate of drug-likeness (QED) is 0.513. The molecule has 2 N–H and O–H groups in total. The van der Waals surface area contributed by atoms with Gasteiger partial charge in [0.25, 0.3) is 0 Å². The third kappa shape index (κ3) is 5.12. The molecule has 0 spiro atoms. The number of methoxy groups -OCH3 is 2. The van der Waals surface area contributed by atoms with Crippen LogP contribution in [0.15, 0.2) is 54.9 Å². The number of halogens is 1. The van der Waals surface area contributed by atoms with Crippen LogP contribution in [0.25, 0.3) is 0 Å². The maximum Gasteiger partial charge on any atom is 0.335 e. The van der Waals surface area contributed by atoms with E-state index in [1.807, 2.05) is 18.2 Å². The Labute approximate surface area is 179 Å². The summed E-state index contributed by atoms with van der Waals surface area (Å²) in [5, 5.41) is 12.8. The summed E-state index contributed by atoms with van der Waals surface area (Å²) in [6.45, 7) is 0.680. The van der Waals surface area contributed by atoms with Crippen molar-refractivity contribution in [3.8, 4) is 17.2 Å². The number of nitrogens with zero attached hydrogens (tertiary/aromatic N) is 1. The lowest BCUT2D eigenvalue weighted by molar-refractivity contribution is 0.0697. The largest absolute Gasteiger partial charge is 0.495 e. The van der Waals surface area contributed by atoms with E-state index < -0.39 is 5.97 Å². The van der Waals surface area contributed by atoms with Gasteiger partial charge in [0.05, 0.1) is 30.5 Å². The Balaban J connectivity index is 1.77. The van der Waals surface area contributed by atoms with Crippen LogP contribution in [0.5, 0.6) is 17.2 Å². The third-order valence-electron chi connectivity index (χ3n) is 4.32. The lowest BCUT2D eigenvalue weighted by Gasteiger charge is -2.16. The number of carboxylic acid groups (broad SMARTS) is 1. The summed E-state index contributed by atoms with van der Waals surface area (Å²) in [6.07, 6.45) is 3.41. The van der Waals surface area contributed by atoms with E-state index in [2.05, 4.69) is 10.3 Å². The predicted octanol–water partition coefficient (Wildman–Crippen LogP) is 4.64. The number of ether oxygens (including phenoxy) is 3. The summed E-state index contributed by atoms with van der Waals surface area (Å²) in [7, 11) is 3.06. The van der Waals surface area contributed by atoms with Crippen molar-refractivity contribution >= 4 is 23.3 Å². The van der Waals surface area contributed by atoms with Gasteiger partial charge in [0.1, 0.15) is 12.4 Å². The molecule has 0 aliphatic rings. The van der Waals surface area contributed by atoms with E-state index >= 15 is 0 Å². The molecule has 0 amide bonds. The zero-order valence-corrected chi connectivity index (χ0v) is 17.3. The molecule has 0 aliphatic carbocycles. The molecule has 156 valence electrons. The van der Waals surface area contributed by atoms with Crippen LogP contribution in [0, 0.1) is 0 Å². The molecule has 0 fully saturated rings. The SMILES string of the molecule is COc1ccc(C(=O)O)cc1NCc1cc(Cl)c(OCc2cccnc2)c(OC)c1. The van der Waals surface area contributed by atoms with E-state index in [-0.39, 0.29) is 5.56 Å². The summed E-state index contributed by atoms with van der Waals surface area (Å²) in [4.78, 5) is 15.3. The van der Waals surface area contributed by atoms with Crippen LogP contribution < -0.4 is 19.5 Å². The number of carboxylic acids is 1. The summed E-state index contributed by atoms with van der Waals surface area (Å²) < 4.78 is 16.6. The number of aromatic carboxylic acids is 1. The minimum atomic E-state index is -1.01. The molecule has 0 saturated heterocycles. The van der Waals surface area contributed by atoms with Crippen molar-refractivity contribution in [1.29, 1.82) is 0 Å². The van der Waals surface area contributed by atoms with Crippen molar-refractivity contribution in [1.82, 2.24) is 4.98 Å². The number of nitrogens with one attached hydrogen (secondary N) is 1. The van der Waals surface area contributed by atoms with Crippen molar-refractivity contribution < 1.29 is 24.1 Å². The molecule has 0 aliphatic heterocycles. The van der Waals surface area contributed by atoms with Gasteiger partial charge in [-0.15, -0.1) is 0 Å². The molecule has 1 aromatic heterocycles. The molecule has 1 heterocycles. The van der Waals surface area contributed by atoms with Gasteiger partial charge in [-0.1, -0.05) is 17.7 Å². The Hall–Kier alpha value is -3.45. The average molecular weight is 429 g/mol. The van der Waals surface area contributed by atoms with Gasteiger partial charge in [0.15, 0.2) is 11.5 Å². The normalized spacial score (nSPS) is 10.4. The van der Waals surface area contributed by atoms with Crippen LogP contribution in [0.2, 0.25) is 5.02 Å². The maximum absolute atomic E-state index is 11.2. The van der Waals surface area contributed by atoms with E-state index in [0.717, 1.165) is 11.1 Å². The summed E-state index contributed by atoms with van der Waals surface area (Å²) in [5.74, 6) is 0.460. The zero-order chi connectivity index (χ0) is 21.5. The van der Waals surface area contributed by atoms with Crippen molar-refractivity contribution in [2.75, 3.05) is 19.5 Å². The second kappa shape index (κ2) is 9.84. The highest BCUT2D eigenvalue weighted by Crippen LogP contribution is 2.37. The van der Waals surface area contributed by atoms with Crippen molar-refractivity contribution in [2.45, 2.75) is 13.2 Å². The Morgan fingerprint density at radius 3 is 2.57 bits per heavy atom. The number of hydrogen-bond acceptors (Lipinski definition) is 6.